The van der Waals surface area contributed by atoms with Crippen LogP contribution < -0.4 is 5.73 Å². The summed E-state index contributed by atoms with van der Waals surface area (Å²) in [6.45, 7) is 11.3. The molecule has 0 amide bonds. The van der Waals surface area contributed by atoms with Crippen molar-refractivity contribution in [1.29, 1.82) is 0 Å². The lowest BCUT2D eigenvalue weighted by atomic mass is 10.0. The average molecular weight is 695 g/mol. The van der Waals surface area contributed by atoms with E-state index < -0.39 is 0 Å². The molecule has 0 rings (SSSR count). The highest BCUT2D eigenvalue weighted by Crippen LogP contribution is 2.18. The number of ether oxygens (including phenoxy) is 2. The number of nitrogens with zero attached hydrogens (tertiary/aromatic N) is 1. The van der Waals surface area contributed by atoms with Gasteiger partial charge in [-0.1, -0.05) is 156 Å². The maximum atomic E-state index is 12.7. The van der Waals surface area contributed by atoms with Gasteiger partial charge in [0.15, 0.2) is 0 Å². The normalized spacial score (nSPS) is 12.1. The Bertz CT molecular complexity index is 689. The van der Waals surface area contributed by atoms with Crippen LogP contribution in [0.15, 0.2) is 0 Å². The van der Waals surface area contributed by atoms with Crippen molar-refractivity contribution in [2.75, 3.05) is 32.8 Å². The zero-order valence-electron chi connectivity index (χ0n) is 33.4. The Hall–Kier alpha value is -1.14. The zero-order valence-corrected chi connectivity index (χ0v) is 33.4. The summed E-state index contributed by atoms with van der Waals surface area (Å²) in [5.41, 5.74) is 5.90. The maximum absolute atomic E-state index is 12.7. The minimum Gasteiger partial charge on any atom is -0.466 e. The summed E-state index contributed by atoms with van der Waals surface area (Å²) in [4.78, 5) is 27.1. The van der Waals surface area contributed by atoms with Crippen molar-refractivity contribution in [3.8, 4) is 0 Å². The van der Waals surface area contributed by atoms with Gasteiger partial charge >= 0.3 is 11.9 Å². The molecule has 1 unspecified atom stereocenters. The lowest BCUT2D eigenvalue weighted by Crippen LogP contribution is -2.31. The number of carbonyl (C=O) groups is 2. The van der Waals surface area contributed by atoms with Crippen molar-refractivity contribution < 1.29 is 19.1 Å². The van der Waals surface area contributed by atoms with E-state index in [1.54, 1.807) is 0 Å². The predicted molar refractivity (Wildman–Crippen MR) is 211 cm³/mol. The second-order valence-corrected chi connectivity index (χ2v) is 14.9. The van der Waals surface area contributed by atoms with Gasteiger partial charge in [0.05, 0.1) is 6.61 Å². The Balaban J connectivity index is 3.91. The van der Waals surface area contributed by atoms with Crippen molar-refractivity contribution in [3.63, 3.8) is 0 Å². The number of hydrogen-bond acceptors (Lipinski definition) is 6. The summed E-state index contributed by atoms with van der Waals surface area (Å²) in [6.07, 6.45) is 37.4. The molecule has 6 heteroatoms. The molecule has 0 aliphatic heterocycles. The second-order valence-electron chi connectivity index (χ2n) is 14.9. The molecule has 0 fully saturated rings. The third-order valence-corrected chi connectivity index (χ3v) is 9.97. The number of unbranched alkanes of at least 4 members (excludes halogenated alkanes) is 23. The molecule has 0 saturated carbocycles. The summed E-state index contributed by atoms with van der Waals surface area (Å²) in [5, 5.41) is 0. The Morgan fingerprint density at radius 3 is 1.33 bits per heavy atom. The van der Waals surface area contributed by atoms with Crippen molar-refractivity contribution in [3.05, 3.63) is 0 Å². The lowest BCUT2D eigenvalue weighted by Gasteiger charge is -2.21. The molecule has 0 aromatic carbocycles. The fourth-order valence-corrected chi connectivity index (χ4v) is 6.74. The molecule has 292 valence electrons. The monoisotopic (exact) mass is 695 g/mol. The molecule has 0 radical (unpaired) electrons. The molecule has 0 heterocycles. The number of hydrogen-bond donors (Lipinski definition) is 1. The second kappa shape index (κ2) is 39.6. The molecule has 0 aliphatic carbocycles. The van der Waals surface area contributed by atoms with Crippen molar-refractivity contribution in [2.24, 2.45) is 5.73 Å². The summed E-state index contributed by atoms with van der Waals surface area (Å²) >= 11 is 0. The molecule has 0 aromatic rings. The van der Waals surface area contributed by atoms with E-state index in [1.807, 2.05) is 0 Å². The zero-order chi connectivity index (χ0) is 35.9. The van der Waals surface area contributed by atoms with Gasteiger partial charge in [0, 0.05) is 25.9 Å². The summed E-state index contributed by atoms with van der Waals surface area (Å²) in [7, 11) is 0. The largest absolute Gasteiger partial charge is 0.466 e. The van der Waals surface area contributed by atoms with Crippen LogP contribution in [0.25, 0.3) is 0 Å². The Morgan fingerprint density at radius 1 is 0.469 bits per heavy atom. The quantitative estimate of drug-likeness (QED) is 0.0508. The standard InChI is InChI=1S/C43H86N2O4/c1-4-7-10-13-15-24-31-40-48-42(46)34-27-20-16-22-29-37-45(39-36-44)38-30-23-17-21-28-35-43(47)49-41(32-25-18-12-9-6-3)33-26-19-14-11-8-5-2/h41H,4-40,44H2,1-3H3. The molecule has 0 saturated heterocycles. The first-order valence-electron chi connectivity index (χ1n) is 21.8. The maximum Gasteiger partial charge on any atom is 0.306 e. The van der Waals surface area contributed by atoms with Gasteiger partial charge in [-0.25, -0.2) is 0 Å². The fraction of sp³-hybridized carbons (Fsp3) is 0.953. The van der Waals surface area contributed by atoms with Gasteiger partial charge in [0.25, 0.3) is 0 Å². The SMILES string of the molecule is CCCCCCCCCOC(=O)CCCCCCCN(CCN)CCCCCCCC(=O)OC(CCCCCCC)CCCCCCCC. The van der Waals surface area contributed by atoms with E-state index in [1.165, 1.54) is 148 Å². The van der Waals surface area contributed by atoms with Crippen LogP contribution in [0.5, 0.6) is 0 Å². The molecular formula is C43H86N2O4. The topological polar surface area (TPSA) is 81.9 Å². The summed E-state index contributed by atoms with van der Waals surface area (Å²) in [6, 6.07) is 0. The Labute approximate surface area is 306 Å². The van der Waals surface area contributed by atoms with E-state index in [9.17, 15) is 9.59 Å². The minimum absolute atomic E-state index is 0.0176. The van der Waals surface area contributed by atoms with E-state index in [0.717, 1.165) is 64.6 Å². The van der Waals surface area contributed by atoms with Gasteiger partial charge < -0.3 is 20.1 Å². The van der Waals surface area contributed by atoms with Crippen LogP contribution in [0.3, 0.4) is 0 Å². The van der Waals surface area contributed by atoms with Crippen LogP contribution in [-0.2, 0) is 19.1 Å². The minimum atomic E-state index is -0.0176. The lowest BCUT2D eigenvalue weighted by molar-refractivity contribution is -0.150. The van der Waals surface area contributed by atoms with Crippen molar-refractivity contribution in [1.82, 2.24) is 4.90 Å². The number of carbonyl (C=O) groups excluding carboxylic acids is 2. The first-order valence-corrected chi connectivity index (χ1v) is 21.8. The molecule has 6 nitrogen and oxygen atoms in total. The van der Waals surface area contributed by atoms with Crippen LogP contribution in [0.2, 0.25) is 0 Å². The molecule has 0 bridgehead atoms. The average Bonchev–Trinajstić information content (AvgIpc) is 3.09. The van der Waals surface area contributed by atoms with Gasteiger partial charge in [-0.3, -0.25) is 9.59 Å². The van der Waals surface area contributed by atoms with E-state index in [0.29, 0.717) is 26.0 Å². The highest BCUT2D eigenvalue weighted by molar-refractivity contribution is 5.69. The van der Waals surface area contributed by atoms with E-state index in [4.69, 9.17) is 15.2 Å². The van der Waals surface area contributed by atoms with Crippen molar-refractivity contribution in [2.45, 2.75) is 232 Å². The Morgan fingerprint density at radius 2 is 0.857 bits per heavy atom. The van der Waals surface area contributed by atoms with Crippen LogP contribution in [0.1, 0.15) is 226 Å². The Kier molecular flexibility index (Phi) is 38.7. The van der Waals surface area contributed by atoms with Crippen LogP contribution in [0.4, 0.5) is 0 Å². The first-order chi connectivity index (χ1) is 24.1. The van der Waals surface area contributed by atoms with Gasteiger partial charge in [0.2, 0.25) is 0 Å². The van der Waals surface area contributed by atoms with E-state index >= 15 is 0 Å². The number of nitrogens with two attached hydrogens (primary N) is 1. The summed E-state index contributed by atoms with van der Waals surface area (Å²) < 4.78 is 11.4. The van der Waals surface area contributed by atoms with Gasteiger partial charge in [0.1, 0.15) is 6.10 Å². The summed E-state index contributed by atoms with van der Waals surface area (Å²) in [5.74, 6) is 0.00775. The highest BCUT2D eigenvalue weighted by Gasteiger charge is 2.14. The third-order valence-electron chi connectivity index (χ3n) is 9.97. The third kappa shape index (κ3) is 36.5. The highest BCUT2D eigenvalue weighted by atomic mass is 16.5. The van der Waals surface area contributed by atoms with Gasteiger partial charge in [-0.05, 0) is 70.9 Å². The van der Waals surface area contributed by atoms with E-state index in [2.05, 4.69) is 25.7 Å². The number of rotatable bonds is 40. The van der Waals surface area contributed by atoms with Crippen LogP contribution in [0, 0.1) is 0 Å². The van der Waals surface area contributed by atoms with Gasteiger partial charge in [-0.15, -0.1) is 0 Å². The fourth-order valence-electron chi connectivity index (χ4n) is 6.74. The molecule has 2 N–H and O–H groups in total. The molecule has 0 aromatic heterocycles. The smallest absolute Gasteiger partial charge is 0.306 e. The molecular weight excluding hydrogens is 608 g/mol. The first kappa shape index (κ1) is 47.9. The van der Waals surface area contributed by atoms with Crippen molar-refractivity contribution >= 4 is 11.9 Å². The van der Waals surface area contributed by atoms with E-state index in [-0.39, 0.29) is 18.0 Å². The van der Waals surface area contributed by atoms with Crippen LogP contribution >= 0.6 is 0 Å². The predicted octanol–water partition coefficient (Wildman–Crippen LogP) is 12.2. The van der Waals surface area contributed by atoms with Crippen LogP contribution in [-0.4, -0.2) is 55.7 Å². The molecule has 1 atom stereocenters. The molecule has 49 heavy (non-hydrogen) atoms. The molecule has 0 aliphatic rings. The number of esters is 2. The molecule has 0 spiro atoms. The van der Waals surface area contributed by atoms with Gasteiger partial charge in [-0.2, -0.15) is 0 Å².